The van der Waals surface area contributed by atoms with Gasteiger partial charge in [0.05, 0.1) is 0 Å². The molecule has 18 rings (SSSR count). The SMILES string of the molecule is CCCCCC(=O)OC1CC=Cc2cc3c(ccc4c3ccc3c4ccc4c5ccc6cc7c(cc6c5ccc43)C=CCC7OC(=O)CCCCC)cc21.c1ccc2cc3c(ccc4c3ccc3c4ccc4c5ccc6cc7ccccc7cc6c5ccc43)cc2c1. The quantitative estimate of drug-likeness (QED) is 0.0593. The lowest BCUT2D eigenvalue weighted by Gasteiger charge is -2.23. The van der Waals surface area contributed by atoms with Gasteiger partial charge in [0, 0.05) is 36.8 Å². The third-order valence-corrected chi connectivity index (χ3v) is 20.3. The summed E-state index contributed by atoms with van der Waals surface area (Å²) in [6.07, 6.45) is 16.6. The van der Waals surface area contributed by atoms with E-state index < -0.39 is 0 Å². The monoisotopic (exact) mass is 1190 g/mol. The summed E-state index contributed by atoms with van der Waals surface area (Å²) >= 11 is 0. The van der Waals surface area contributed by atoms with Crippen molar-refractivity contribution in [1.29, 1.82) is 0 Å². The number of hydrogen-bond acceptors (Lipinski definition) is 4. The normalized spacial score (nSPS) is 14.7. The molecule has 0 N–H and O–H groups in total. The molecule has 16 aromatic rings. The van der Waals surface area contributed by atoms with Gasteiger partial charge in [0.2, 0.25) is 0 Å². The van der Waals surface area contributed by atoms with Crippen molar-refractivity contribution >= 4 is 175 Å². The number of carbonyl (C=O) groups is 2. The van der Waals surface area contributed by atoms with Crippen LogP contribution in [0.4, 0.5) is 0 Å². The second-order valence-corrected chi connectivity index (χ2v) is 25.8. The van der Waals surface area contributed by atoms with Crippen LogP contribution >= 0.6 is 0 Å². The topological polar surface area (TPSA) is 52.6 Å². The molecule has 0 aliphatic heterocycles. The summed E-state index contributed by atoms with van der Waals surface area (Å²) in [6.45, 7) is 4.29. The first-order chi connectivity index (χ1) is 45.3. The molecule has 0 saturated heterocycles. The number of unbranched alkanes of at least 4 members (excludes halogenated alkanes) is 4. The number of hydrogen-bond donors (Lipinski definition) is 0. The van der Waals surface area contributed by atoms with E-state index in [1.165, 1.54) is 140 Å². The van der Waals surface area contributed by atoms with Gasteiger partial charge in [-0.1, -0.05) is 234 Å². The molecule has 0 fully saturated rings. The Morgan fingerprint density at radius 3 is 0.859 bits per heavy atom. The average Bonchev–Trinajstić information content (AvgIpc) is 0.753. The van der Waals surface area contributed by atoms with Gasteiger partial charge in [0.25, 0.3) is 0 Å². The van der Waals surface area contributed by atoms with E-state index in [4.69, 9.17) is 9.47 Å². The summed E-state index contributed by atoms with van der Waals surface area (Å²) < 4.78 is 12.0. The van der Waals surface area contributed by atoms with Crippen molar-refractivity contribution in [3.05, 3.63) is 253 Å². The highest BCUT2D eigenvalue weighted by Crippen LogP contribution is 2.45. The van der Waals surface area contributed by atoms with Gasteiger partial charge in [0.1, 0.15) is 12.2 Å². The maximum absolute atomic E-state index is 12.6. The number of rotatable bonds is 10. The molecule has 2 aliphatic rings. The third kappa shape index (κ3) is 9.49. The zero-order valence-electron chi connectivity index (χ0n) is 52.0. The fourth-order valence-electron chi connectivity index (χ4n) is 15.6. The summed E-state index contributed by atoms with van der Waals surface area (Å²) in [6, 6.07) is 81.4. The molecule has 0 aromatic heterocycles. The van der Waals surface area contributed by atoms with Gasteiger partial charge in [-0.2, -0.15) is 0 Å². The molecule has 2 aliphatic carbocycles. The molecule has 0 heterocycles. The number of benzene rings is 16. The van der Waals surface area contributed by atoms with Gasteiger partial charge >= 0.3 is 11.9 Å². The van der Waals surface area contributed by atoms with E-state index in [-0.39, 0.29) is 24.1 Å². The predicted octanol–water partition coefficient (Wildman–Crippen LogP) is 24.7. The Bertz CT molecular complexity index is 5510. The minimum Gasteiger partial charge on any atom is -0.457 e. The number of carbonyl (C=O) groups excluding carboxylic acids is 2. The van der Waals surface area contributed by atoms with Gasteiger partial charge in [-0.25, -0.2) is 0 Å². The molecular formula is C88H68O4. The third-order valence-electron chi connectivity index (χ3n) is 20.3. The Morgan fingerprint density at radius 1 is 0.293 bits per heavy atom. The Balaban J connectivity index is 0.000000149. The molecule has 4 heteroatoms. The van der Waals surface area contributed by atoms with E-state index in [0.29, 0.717) is 25.7 Å². The van der Waals surface area contributed by atoms with E-state index >= 15 is 0 Å². The van der Waals surface area contributed by atoms with E-state index in [1.807, 2.05) is 0 Å². The fourth-order valence-corrected chi connectivity index (χ4v) is 15.6. The van der Waals surface area contributed by atoms with E-state index in [2.05, 4.69) is 257 Å². The van der Waals surface area contributed by atoms with Crippen molar-refractivity contribution in [3.63, 3.8) is 0 Å². The Hall–Kier alpha value is -10.4. The highest BCUT2D eigenvalue weighted by Gasteiger charge is 2.25. The second-order valence-electron chi connectivity index (χ2n) is 25.8. The Labute approximate surface area is 533 Å². The van der Waals surface area contributed by atoms with Gasteiger partial charge in [-0.15, -0.1) is 0 Å². The van der Waals surface area contributed by atoms with Crippen LogP contribution in [0.25, 0.3) is 163 Å². The van der Waals surface area contributed by atoms with Crippen molar-refractivity contribution in [1.82, 2.24) is 0 Å². The molecule has 16 aromatic carbocycles. The standard InChI is InChI=1S/C50H46O4.C38H22/c1-3-5-7-15-49(51)53-47-13-9-11-31-27-43-33(29-45(31)47)17-19-35-37-21-22-38-36-20-18-34-30-46-32(12-10-14-48(46)54-50(52)16-8-6-4-2)28-44(34)42(36)26-24-40(38)39(37)23-25-41(35)43;1-3-7-25-21-37-27(19-23(25)5-1)9-11-29-31-13-14-32-30-12-10-28-20-24-6-2-4-8-26(24)22-38(28)36(30)18-16-34(32)33(31)15-17-35(29)37/h9-12,17-30,47-48H,3-8,13-16H2,1-2H3;1-22H. The molecule has 2 unspecified atom stereocenters. The predicted molar refractivity (Wildman–Crippen MR) is 391 cm³/mol. The van der Waals surface area contributed by atoms with Crippen molar-refractivity contribution in [2.75, 3.05) is 0 Å². The minimum atomic E-state index is -0.238. The van der Waals surface area contributed by atoms with E-state index in [9.17, 15) is 9.59 Å². The van der Waals surface area contributed by atoms with Crippen LogP contribution in [0.5, 0.6) is 0 Å². The van der Waals surface area contributed by atoms with E-state index in [0.717, 1.165) is 71.6 Å². The van der Waals surface area contributed by atoms with Crippen LogP contribution in [0.15, 0.2) is 231 Å². The fraction of sp³-hybridized carbons (Fsp3) is 0.159. The summed E-state index contributed by atoms with van der Waals surface area (Å²) in [7, 11) is 0. The van der Waals surface area contributed by atoms with Crippen molar-refractivity contribution in [2.45, 2.75) is 90.3 Å². The average molecular weight is 1190 g/mol. The molecular weight excluding hydrogens is 1120 g/mol. The molecule has 92 heavy (non-hydrogen) atoms. The van der Waals surface area contributed by atoms with Crippen LogP contribution in [0.1, 0.15) is 113 Å². The number of ether oxygens (including phenoxy) is 2. The minimum absolute atomic E-state index is 0.102. The van der Waals surface area contributed by atoms with Crippen LogP contribution in [-0.2, 0) is 19.1 Å². The summed E-state index contributed by atoms with van der Waals surface area (Å²) in [5, 5.41) is 35.5. The zero-order valence-corrected chi connectivity index (χ0v) is 52.0. The molecule has 0 spiro atoms. The Morgan fingerprint density at radius 2 is 0.554 bits per heavy atom. The summed E-state index contributed by atoms with van der Waals surface area (Å²) in [4.78, 5) is 25.3. The van der Waals surface area contributed by atoms with Crippen LogP contribution in [0.3, 0.4) is 0 Å². The summed E-state index contributed by atoms with van der Waals surface area (Å²) in [5.74, 6) is -0.204. The van der Waals surface area contributed by atoms with Crippen LogP contribution in [-0.4, -0.2) is 11.9 Å². The van der Waals surface area contributed by atoms with Crippen LogP contribution in [0, 0.1) is 0 Å². The first-order valence-corrected chi connectivity index (χ1v) is 33.2. The van der Waals surface area contributed by atoms with Crippen LogP contribution < -0.4 is 0 Å². The molecule has 0 bridgehead atoms. The first-order valence-electron chi connectivity index (χ1n) is 33.2. The van der Waals surface area contributed by atoms with Gasteiger partial charge in [0.15, 0.2) is 0 Å². The molecule has 0 radical (unpaired) electrons. The van der Waals surface area contributed by atoms with Gasteiger partial charge < -0.3 is 9.47 Å². The maximum Gasteiger partial charge on any atom is 0.306 e. The highest BCUT2D eigenvalue weighted by molar-refractivity contribution is 6.29. The smallest absolute Gasteiger partial charge is 0.306 e. The number of fused-ring (bicyclic) bond motifs is 26. The number of esters is 2. The summed E-state index contributed by atoms with van der Waals surface area (Å²) in [5.41, 5.74) is 4.44. The van der Waals surface area contributed by atoms with Crippen molar-refractivity contribution in [2.24, 2.45) is 0 Å². The first kappa shape index (κ1) is 55.6. The lowest BCUT2D eigenvalue weighted by Crippen LogP contribution is -2.13. The molecule has 0 amide bonds. The van der Waals surface area contributed by atoms with Crippen LogP contribution in [0.2, 0.25) is 0 Å². The lowest BCUT2D eigenvalue weighted by atomic mass is 9.87. The van der Waals surface area contributed by atoms with Crippen molar-refractivity contribution < 1.29 is 19.1 Å². The molecule has 0 saturated carbocycles. The second kappa shape index (κ2) is 22.8. The Kier molecular flexibility index (Phi) is 13.8. The molecule has 444 valence electrons. The lowest BCUT2D eigenvalue weighted by molar-refractivity contribution is -0.150. The highest BCUT2D eigenvalue weighted by atomic mass is 16.5. The van der Waals surface area contributed by atoms with E-state index in [1.54, 1.807) is 0 Å². The van der Waals surface area contributed by atoms with Gasteiger partial charge in [-0.05, 0) is 223 Å². The molecule has 2 atom stereocenters. The largest absolute Gasteiger partial charge is 0.457 e. The van der Waals surface area contributed by atoms with Crippen molar-refractivity contribution in [3.8, 4) is 0 Å². The molecule has 4 nitrogen and oxygen atoms in total. The zero-order chi connectivity index (χ0) is 61.6. The maximum atomic E-state index is 12.6. The van der Waals surface area contributed by atoms with Gasteiger partial charge in [-0.3, -0.25) is 9.59 Å².